The third kappa shape index (κ3) is 9.00. The lowest BCUT2D eigenvalue weighted by Crippen LogP contribution is -2.32. The predicted octanol–water partition coefficient (Wildman–Crippen LogP) is 2.76. The molecule has 0 radical (unpaired) electrons. The molecule has 0 amide bonds. The molecule has 1 rings (SSSR count). The smallest absolute Gasteiger partial charge is 0.123 e. The van der Waals surface area contributed by atoms with Gasteiger partial charge < -0.3 is 14.6 Å². The Bertz CT molecular complexity index is 406. The molecule has 0 aliphatic carbocycles. The molecule has 1 aromatic rings. The van der Waals surface area contributed by atoms with Crippen molar-refractivity contribution in [2.75, 3.05) is 37.4 Å². The monoisotopic (exact) mass is 347 g/mol. The van der Waals surface area contributed by atoms with E-state index in [1.807, 2.05) is 14.0 Å². The molecule has 6 heteroatoms. The Morgan fingerprint density at radius 3 is 2.64 bits per heavy atom. The molecule has 0 aliphatic heterocycles. The van der Waals surface area contributed by atoms with Crippen molar-refractivity contribution in [2.24, 2.45) is 0 Å². The molecular weight excluding hydrogens is 321 g/mol. The van der Waals surface area contributed by atoms with Gasteiger partial charge in [0, 0.05) is 30.2 Å². The molecule has 3 nitrogen and oxygen atoms in total. The van der Waals surface area contributed by atoms with E-state index in [2.05, 4.69) is 4.90 Å². The molecule has 0 saturated carbocycles. The quantitative estimate of drug-likeness (QED) is 0.494. The van der Waals surface area contributed by atoms with Crippen molar-refractivity contribution in [2.45, 2.75) is 30.8 Å². The second-order valence-corrected chi connectivity index (χ2v) is 8.17. The first kappa shape index (κ1) is 19.8. The molecular formula is C16H26FNO2S2. The lowest BCUT2D eigenvalue weighted by molar-refractivity contribution is 0.145. The van der Waals surface area contributed by atoms with Crippen molar-refractivity contribution in [1.82, 2.24) is 4.90 Å². The van der Waals surface area contributed by atoms with Gasteiger partial charge >= 0.3 is 0 Å². The topological polar surface area (TPSA) is 46.5 Å². The fourth-order valence-corrected chi connectivity index (χ4v) is 3.98. The van der Waals surface area contributed by atoms with E-state index >= 15 is 0 Å². The summed E-state index contributed by atoms with van der Waals surface area (Å²) in [5.74, 6) is 1.85. The standard InChI is InChI=1S/C16H26FNO2S2/c1-3-10-22(20)11-4-9-18(2)12-15(19)13-21-16-7-5-14(17)6-8-16/h5-8,15,19H,3-4,9-13H2,1-2H3. The zero-order valence-electron chi connectivity index (χ0n) is 13.3. The lowest BCUT2D eigenvalue weighted by atomic mass is 10.3. The van der Waals surface area contributed by atoms with E-state index in [1.165, 1.54) is 23.9 Å². The van der Waals surface area contributed by atoms with Gasteiger partial charge in [-0.05, 0) is 37.7 Å². The molecule has 0 saturated heterocycles. The second-order valence-electron chi connectivity index (χ2n) is 5.38. The number of nitrogens with zero attached hydrogens (tertiary/aromatic N) is 1. The summed E-state index contributed by atoms with van der Waals surface area (Å²) in [5, 5.41) is 10.0. The van der Waals surface area contributed by atoms with E-state index in [0.717, 1.165) is 35.8 Å². The molecule has 1 aromatic carbocycles. The summed E-state index contributed by atoms with van der Waals surface area (Å²) in [6.07, 6.45) is 1.42. The van der Waals surface area contributed by atoms with Crippen LogP contribution in [0.25, 0.3) is 0 Å². The number of likely N-dealkylation sites (N-methyl/N-ethyl adjacent to an activating group) is 1. The first-order chi connectivity index (χ1) is 10.5. The number of rotatable bonds is 11. The minimum atomic E-state index is -0.703. The Kier molecular flexibility index (Phi) is 10.2. The van der Waals surface area contributed by atoms with Gasteiger partial charge in [0.2, 0.25) is 0 Å². The van der Waals surface area contributed by atoms with Crippen LogP contribution in [-0.4, -0.2) is 58.1 Å². The van der Waals surface area contributed by atoms with Crippen LogP contribution in [0, 0.1) is 5.82 Å². The van der Waals surface area contributed by atoms with Crippen molar-refractivity contribution in [3.05, 3.63) is 30.1 Å². The number of benzene rings is 1. The van der Waals surface area contributed by atoms with Crippen molar-refractivity contribution >= 4 is 22.9 Å². The fraction of sp³-hybridized carbons (Fsp3) is 0.625. The Balaban J connectivity index is 2.15. The molecule has 0 heterocycles. The third-order valence-corrected chi connectivity index (χ3v) is 5.89. The van der Waals surface area contributed by atoms with Crippen molar-refractivity contribution in [1.29, 1.82) is 0 Å². The SMILES string of the molecule is CCC[S+]([O-])CCCN(C)CC(O)CSc1ccc(F)cc1. The van der Waals surface area contributed by atoms with E-state index in [4.69, 9.17) is 0 Å². The van der Waals surface area contributed by atoms with Gasteiger partial charge in [-0.2, -0.15) is 0 Å². The number of thioether (sulfide) groups is 1. The van der Waals surface area contributed by atoms with Crippen LogP contribution in [0.3, 0.4) is 0 Å². The van der Waals surface area contributed by atoms with Crippen LogP contribution in [-0.2, 0) is 11.2 Å². The van der Waals surface area contributed by atoms with Gasteiger partial charge in [0.25, 0.3) is 0 Å². The van der Waals surface area contributed by atoms with E-state index in [9.17, 15) is 14.0 Å². The van der Waals surface area contributed by atoms with Crippen molar-refractivity contribution in [3.63, 3.8) is 0 Å². The maximum atomic E-state index is 12.8. The van der Waals surface area contributed by atoms with Crippen LogP contribution in [0.2, 0.25) is 0 Å². The summed E-state index contributed by atoms with van der Waals surface area (Å²) in [6, 6.07) is 6.30. The molecule has 1 N–H and O–H groups in total. The van der Waals surface area contributed by atoms with Crippen LogP contribution in [0.1, 0.15) is 19.8 Å². The number of hydrogen-bond acceptors (Lipinski definition) is 4. The van der Waals surface area contributed by atoms with Gasteiger partial charge in [-0.25, -0.2) is 4.39 Å². The van der Waals surface area contributed by atoms with Crippen LogP contribution in [0.5, 0.6) is 0 Å². The molecule has 22 heavy (non-hydrogen) atoms. The minimum Gasteiger partial charge on any atom is -0.616 e. The van der Waals surface area contributed by atoms with Crippen molar-refractivity contribution < 1.29 is 14.0 Å². The number of halogens is 1. The van der Waals surface area contributed by atoms with Crippen LogP contribution in [0.4, 0.5) is 4.39 Å². The van der Waals surface area contributed by atoms with Crippen LogP contribution < -0.4 is 0 Å². The summed E-state index contributed by atoms with van der Waals surface area (Å²) in [6.45, 7) is 3.47. The van der Waals surface area contributed by atoms with Gasteiger partial charge in [-0.15, -0.1) is 11.8 Å². The van der Waals surface area contributed by atoms with Gasteiger partial charge in [0.15, 0.2) is 0 Å². The maximum Gasteiger partial charge on any atom is 0.123 e. The summed E-state index contributed by atoms with van der Waals surface area (Å²) in [5.41, 5.74) is 0. The Hall–Kier alpha value is -0.270. The zero-order valence-corrected chi connectivity index (χ0v) is 15.0. The second kappa shape index (κ2) is 11.3. The number of hydrogen-bond donors (Lipinski definition) is 1. The molecule has 2 atom stereocenters. The Morgan fingerprint density at radius 2 is 2.00 bits per heavy atom. The number of aliphatic hydroxyl groups excluding tert-OH is 1. The molecule has 0 bridgehead atoms. The Morgan fingerprint density at radius 1 is 1.32 bits per heavy atom. The highest BCUT2D eigenvalue weighted by atomic mass is 32.2. The predicted molar refractivity (Wildman–Crippen MR) is 93.4 cm³/mol. The number of aliphatic hydroxyl groups is 1. The molecule has 2 unspecified atom stereocenters. The molecule has 0 spiro atoms. The third-order valence-electron chi connectivity index (χ3n) is 3.12. The summed E-state index contributed by atoms with van der Waals surface area (Å²) in [7, 11) is 1.97. The van der Waals surface area contributed by atoms with Gasteiger partial charge in [0.1, 0.15) is 17.3 Å². The highest BCUT2D eigenvalue weighted by Gasteiger charge is 2.10. The Labute approximate surface area is 140 Å². The zero-order chi connectivity index (χ0) is 16.4. The van der Waals surface area contributed by atoms with E-state index in [-0.39, 0.29) is 5.82 Å². The molecule has 0 fully saturated rings. The minimum absolute atomic E-state index is 0.245. The average Bonchev–Trinajstić information content (AvgIpc) is 2.47. The van der Waals surface area contributed by atoms with Crippen molar-refractivity contribution in [3.8, 4) is 0 Å². The molecule has 0 aromatic heterocycles. The molecule has 126 valence electrons. The van der Waals surface area contributed by atoms with Gasteiger partial charge in [0.05, 0.1) is 6.10 Å². The summed E-state index contributed by atoms with van der Waals surface area (Å²) in [4.78, 5) is 3.03. The molecule has 0 aliphatic rings. The van der Waals surface area contributed by atoms with Crippen LogP contribution >= 0.6 is 11.8 Å². The summed E-state index contributed by atoms with van der Waals surface area (Å²) >= 11 is 0.819. The fourth-order valence-electron chi connectivity index (χ4n) is 2.05. The van der Waals surface area contributed by atoms with E-state index < -0.39 is 17.3 Å². The van der Waals surface area contributed by atoms with Gasteiger partial charge in [-0.1, -0.05) is 18.1 Å². The van der Waals surface area contributed by atoms with Gasteiger partial charge in [-0.3, -0.25) is 0 Å². The van der Waals surface area contributed by atoms with E-state index in [0.29, 0.717) is 12.3 Å². The largest absolute Gasteiger partial charge is 0.616 e. The lowest BCUT2D eigenvalue weighted by Gasteiger charge is -2.20. The first-order valence-corrected chi connectivity index (χ1v) is 10.1. The summed E-state index contributed by atoms with van der Waals surface area (Å²) < 4.78 is 24.3. The van der Waals surface area contributed by atoms with E-state index in [1.54, 1.807) is 12.1 Å². The van der Waals surface area contributed by atoms with Crippen LogP contribution in [0.15, 0.2) is 29.2 Å². The highest BCUT2D eigenvalue weighted by Crippen LogP contribution is 2.19. The first-order valence-electron chi connectivity index (χ1n) is 7.61. The normalized spacial score (nSPS) is 14.3. The highest BCUT2D eigenvalue weighted by molar-refractivity contribution is 7.99. The maximum absolute atomic E-state index is 12.8. The average molecular weight is 348 g/mol.